The molecule has 0 amide bonds. The molecule has 0 unspecified atom stereocenters. The van der Waals surface area contributed by atoms with Crippen LogP contribution in [0.3, 0.4) is 0 Å². The van der Waals surface area contributed by atoms with Crippen LogP contribution in [0.4, 0.5) is 0 Å². The van der Waals surface area contributed by atoms with Crippen LogP contribution >= 0.6 is 0 Å². The summed E-state index contributed by atoms with van der Waals surface area (Å²) < 4.78 is 14.5. The van der Waals surface area contributed by atoms with Crippen molar-refractivity contribution >= 4 is 27.3 Å². The summed E-state index contributed by atoms with van der Waals surface area (Å²) in [6.45, 7) is 2.11. The minimum Gasteiger partial charge on any atom is -0.457 e. The normalized spacial score (nSPS) is 12.6. The van der Waals surface area contributed by atoms with Gasteiger partial charge in [-0.1, -0.05) is 30.3 Å². The zero-order chi connectivity index (χ0) is 22.6. The first-order chi connectivity index (χ1) is 16.7. The number of ether oxygens (including phenoxy) is 2. The highest BCUT2D eigenvalue weighted by Crippen LogP contribution is 2.38. The Labute approximate surface area is 196 Å². The standard InChI is InChI=1S/C29H21N3O2/c1-18-26-14-11-19-6-4-9-24-23-13-12-22(17-25(23)29(31-18)32(26)28(19)24)33-20-7-5-8-21(16-20)34-27-10-2-3-15-30-27/h2-10,12-13,15-17H,11,14H2,1H3. The Morgan fingerprint density at radius 1 is 0.735 bits per heavy atom. The van der Waals surface area contributed by atoms with Crippen LogP contribution < -0.4 is 9.47 Å². The van der Waals surface area contributed by atoms with Crippen molar-refractivity contribution in [2.24, 2.45) is 0 Å². The number of para-hydroxylation sites is 1. The average Bonchev–Trinajstić information content (AvgIpc) is 3.21. The Morgan fingerprint density at radius 2 is 1.59 bits per heavy atom. The monoisotopic (exact) mass is 443 g/mol. The maximum Gasteiger partial charge on any atom is 0.219 e. The van der Waals surface area contributed by atoms with E-state index in [0.29, 0.717) is 17.4 Å². The van der Waals surface area contributed by atoms with Crippen LogP contribution in [-0.2, 0) is 12.8 Å². The smallest absolute Gasteiger partial charge is 0.219 e. The van der Waals surface area contributed by atoms with Crippen LogP contribution in [0.5, 0.6) is 23.1 Å². The van der Waals surface area contributed by atoms with Gasteiger partial charge in [-0.15, -0.1) is 0 Å². The number of pyridine rings is 2. The molecular formula is C29H21N3O2. The fourth-order valence-corrected chi connectivity index (χ4v) is 5.08. The maximum absolute atomic E-state index is 6.26. The molecule has 34 heavy (non-hydrogen) atoms. The predicted molar refractivity (Wildman–Crippen MR) is 133 cm³/mol. The number of hydrogen-bond acceptors (Lipinski definition) is 4. The van der Waals surface area contributed by atoms with Gasteiger partial charge in [-0.2, -0.15) is 0 Å². The molecule has 5 nitrogen and oxygen atoms in total. The summed E-state index contributed by atoms with van der Waals surface area (Å²) in [5.41, 5.74) is 6.10. The summed E-state index contributed by atoms with van der Waals surface area (Å²) in [7, 11) is 0. The van der Waals surface area contributed by atoms with E-state index in [4.69, 9.17) is 14.5 Å². The van der Waals surface area contributed by atoms with Crippen LogP contribution in [-0.4, -0.2) is 14.4 Å². The van der Waals surface area contributed by atoms with E-state index in [2.05, 4.69) is 46.6 Å². The lowest BCUT2D eigenvalue weighted by Crippen LogP contribution is -2.07. The second-order valence-corrected chi connectivity index (χ2v) is 8.67. The number of imidazole rings is 1. The number of rotatable bonds is 4. The van der Waals surface area contributed by atoms with Gasteiger partial charge in [0.2, 0.25) is 5.88 Å². The number of hydrogen-bond donors (Lipinski definition) is 0. The van der Waals surface area contributed by atoms with Crippen molar-refractivity contribution in [3.8, 4) is 23.1 Å². The van der Waals surface area contributed by atoms with Crippen molar-refractivity contribution in [3.05, 3.63) is 102 Å². The lowest BCUT2D eigenvalue weighted by Gasteiger charge is -2.19. The Kier molecular flexibility index (Phi) is 4.12. The first-order valence-electron chi connectivity index (χ1n) is 11.5. The van der Waals surface area contributed by atoms with Crippen molar-refractivity contribution in [3.63, 3.8) is 0 Å². The third-order valence-electron chi connectivity index (χ3n) is 6.57. The molecule has 0 aliphatic carbocycles. The molecule has 7 rings (SSSR count). The Morgan fingerprint density at radius 3 is 2.47 bits per heavy atom. The molecule has 3 aromatic carbocycles. The van der Waals surface area contributed by atoms with Crippen LogP contribution in [0.25, 0.3) is 27.3 Å². The van der Waals surface area contributed by atoms with E-state index in [1.54, 1.807) is 6.20 Å². The first kappa shape index (κ1) is 19.1. The van der Waals surface area contributed by atoms with Gasteiger partial charge in [0.1, 0.15) is 22.9 Å². The zero-order valence-electron chi connectivity index (χ0n) is 18.7. The Balaban J connectivity index is 1.33. The number of fused-ring (bicyclic) bond motifs is 3. The summed E-state index contributed by atoms with van der Waals surface area (Å²) in [5, 5.41) is 3.55. The summed E-state index contributed by atoms with van der Waals surface area (Å²) in [6, 6.07) is 26.1. The van der Waals surface area contributed by atoms with Crippen molar-refractivity contribution in [2.75, 3.05) is 0 Å². The van der Waals surface area contributed by atoms with Crippen LogP contribution in [0.2, 0.25) is 0 Å². The van der Waals surface area contributed by atoms with Gasteiger partial charge in [0.05, 0.1) is 11.2 Å². The van der Waals surface area contributed by atoms with Gasteiger partial charge in [0.25, 0.3) is 0 Å². The summed E-state index contributed by atoms with van der Waals surface area (Å²) in [5.74, 6) is 2.69. The topological polar surface area (TPSA) is 48.7 Å². The zero-order valence-corrected chi connectivity index (χ0v) is 18.7. The lowest BCUT2D eigenvalue weighted by molar-refractivity contribution is 0.449. The minimum atomic E-state index is 0.547. The second-order valence-electron chi connectivity index (χ2n) is 8.67. The number of benzene rings is 3. The van der Waals surface area contributed by atoms with E-state index in [1.807, 2.05) is 48.5 Å². The molecule has 0 atom stereocenters. The summed E-state index contributed by atoms with van der Waals surface area (Å²) in [6.07, 6.45) is 3.78. The molecule has 0 radical (unpaired) electrons. The van der Waals surface area contributed by atoms with Gasteiger partial charge < -0.3 is 9.47 Å². The number of aromatic nitrogens is 3. The van der Waals surface area contributed by atoms with Crippen molar-refractivity contribution in [1.29, 1.82) is 0 Å². The molecule has 6 aromatic rings. The van der Waals surface area contributed by atoms with E-state index in [-0.39, 0.29) is 0 Å². The fraction of sp³-hybridized carbons (Fsp3) is 0.103. The molecule has 0 fully saturated rings. The quantitative estimate of drug-likeness (QED) is 0.275. The average molecular weight is 444 g/mol. The molecular weight excluding hydrogens is 422 g/mol. The highest BCUT2D eigenvalue weighted by atomic mass is 16.5. The van der Waals surface area contributed by atoms with Crippen LogP contribution in [0.1, 0.15) is 17.0 Å². The minimum absolute atomic E-state index is 0.547. The summed E-state index contributed by atoms with van der Waals surface area (Å²) >= 11 is 0. The predicted octanol–water partition coefficient (Wildman–Crippen LogP) is 7.03. The third-order valence-corrected chi connectivity index (χ3v) is 6.57. The van der Waals surface area contributed by atoms with Crippen molar-refractivity contribution in [1.82, 2.24) is 14.4 Å². The molecule has 3 aromatic heterocycles. The highest BCUT2D eigenvalue weighted by Gasteiger charge is 2.21. The molecule has 0 spiro atoms. The largest absolute Gasteiger partial charge is 0.457 e. The maximum atomic E-state index is 6.26. The Hall–Kier alpha value is -4.38. The molecule has 5 heteroatoms. The highest BCUT2D eigenvalue weighted by molar-refractivity contribution is 6.13. The summed E-state index contributed by atoms with van der Waals surface area (Å²) in [4.78, 5) is 9.21. The lowest BCUT2D eigenvalue weighted by atomic mass is 9.97. The molecule has 164 valence electrons. The molecule has 1 aliphatic heterocycles. The van der Waals surface area contributed by atoms with Gasteiger partial charge in [-0.25, -0.2) is 9.97 Å². The molecule has 0 saturated heterocycles. The van der Waals surface area contributed by atoms with E-state index >= 15 is 0 Å². The van der Waals surface area contributed by atoms with Gasteiger partial charge in [0, 0.05) is 34.8 Å². The fourth-order valence-electron chi connectivity index (χ4n) is 5.08. The second kappa shape index (κ2) is 7.32. The molecule has 0 N–H and O–H groups in total. The van der Waals surface area contributed by atoms with Crippen LogP contribution in [0, 0.1) is 6.92 Å². The molecule has 4 heterocycles. The van der Waals surface area contributed by atoms with E-state index in [1.165, 1.54) is 27.5 Å². The first-order valence-corrected chi connectivity index (χ1v) is 11.5. The molecule has 0 bridgehead atoms. The van der Waals surface area contributed by atoms with Crippen molar-refractivity contribution < 1.29 is 9.47 Å². The number of aryl methyl sites for hydroxylation is 3. The SMILES string of the molecule is Cc1nc2c3cc(Oc4cccc(Oc5ccccn5)c4)ccc3c3cccc4c3n2c1CC4. The number of nitrogens with zero attached hydrogens (tertiary/aromatic N) is 3. The van der Waals surface area contributed by atoms with Gasteiger partial charge >= 0.3 is 0 Å². The molecule has 1 aliphatic rings. The third kappa shape index (κ3) is 2.94. The van der Waals surface area contributed by atoms with Gasteiger partial charge in [0.15, 0.2) is 0 Å². The van der Waals surface area contributed by atoms with Gasteiger partial charge in [-0.3, -0.25) is 4.40 Å². The van der Waals surface area contributed by atoms with E-state index < -0.39 is 0 Å². The van der Waals surface area contributed by atoms with Crippen molar-refractivity contribution in [2.45, 2.75) is 19.8 Å². The van der Waals surface area contributed by atoms with E-state index in [0.717, 1.165) is 35.3 Å². The van der Waals surface area contributed by atoms with Crippen LogP contribution in [0.15, 0.2) is 85.1 Å². The van der Waals surface area contributed by atoms with E-state index in [9.17, 15) is 0 Å². The molecule has 0 saturated carbocycles. The van der Waals surface area contributed by atoms with Gasteiger partial charge in [-0.05, 0) is 67.1 Å². The Bertz CT molecular complexity index is 1720.